The molecule has 3 heterocycles. The number of aryl methyl sites for hydroxylation is 1. The van der Waals surface area contributed by atoms with Gasteiger partial charge in [-0.3, -0.25) is 9.59 Å². The molecular formula is C27H30N6O3. The largest absolute Gasteiger partial charge is 0.495 e. The summed E-state index contributed by atoms with van der Waals surface area (Å²) in [5, 5.41) is 4.47. The first kappa shape index (κ1) is 23.6. The van der Waals surface area contributed by atoms with Crippen LogP contribution in [0.15, 0.2) is 59.4 Å². The van der Waals surface area contributed by atoms with Crippen LogP contribution in [0.3, 0.4) is 0 Å². The summed E-state index contributed by atoms with van der Waals surface area (Å²) in [6.07, 6.45) is 0.636. The van der Waals surface area contributed by atoms with Crippen molar-refractivity contribution < 1.29 is 9.53 Å². The molecule has 1 saturated heterocycles. The summed E-state index contributed by atoms with van der Waals surface area (Å²) in [6.45, 7) is 4.64. The van der Waals surface area contributed by atoms with Crippen molar-refractivity contribution in [3.05, 3.63) is 76.2 Å². The van der Waals surface area contributed by atoms with Gasteiger partial charge < -0.3 is 19.1 Å². The van der Waals surface area contributed by atoms with Gasteiger partial charge in [0, 0.05) is 56.5 Å². The molecule has 0 bridgehead atoms. The number of nitrogens with zero attached hydrogens (tertiary/aromatic N) is 6. The summed E-state index contributed by atoms with van der Waals surface area (Å²) >= 11 is 0. The molecule has 1 aliphatic heterocycles. The average molecular weight is 487 g/mol. The Labute approximate surface area is 209 Å². The predicted octanol–water partition coefficient (Wildman–Crippen LogP) is 2.69. The van der Waals surface area contributed by atoms with Crippen LogP contribution in [0, 0.1) is 6.92 Å². The molecule has 0 aliphatic carbocycles. The molecule has 5 rings (SSSR count). The molecule has 0 saturated carbocycles. The third-order valence-electron chi connectivity index (χ3n) is 6.96. The summed E-state index contributed by atoms with van der Waals surface area (Å²) in [4.78, 5) is 35.0. The second-order valence-electron chi connectivity index (χ2n) is 8.98. The van der Waals surface area contributed by atoms with Crippen LogP contribution < -0.4 is 15.2 Å². The highest BCUT2D eigenvalue weighted by Gasteiger charge is 2.24. The standard InChI is InChI=1S/C27H30N6O3/c1-19-21(26(35)33-27(30(19)2)28-25(29-33)20-9-5-4-6-10-20)13-14-24(34)32-17-15-31(16-18-32)22-11-7-8-12-23(22)36-3/h4-12H,13-18H2,1-3H3. The number of methoxy groups -OCH3 is 1. The number of aromatic nitrogens is 4. The van der Waals surface area contributed by atoms with E-state index in [0.717, 1.165) is 35.8 Å². The molecule has 2 aromatic heterocycles. The molecule has 0 N–H and O–H groups in total. The van der Waals surface area contributed by atoms with Crippen molar-refractivity contribution in [1.82, 2.24) is 24.1 Å². The Balaban J connectivity index is 1.29. The van der Waals surface area contributed by atoms with Crippen molar-refractivity contribution in [3.8, 4) is 17.1 Å². The van der Waals surface area contributed by atoms with Crippen molar-refractivity contribution >= 4 is 17.4 Å². The minimum atomic E-state index is -0.218. The Morgan fingerprint density at radius 3 is 2.42 bits per heavy atom. The molecule has 2 aromatic carbocycles. The summed E-state index contributed by atoms with van der Waals surface area (Å²) in [5.74, 6) is 1.88. The number of hydrogen-bond acceptors (Lipinski definition) is 6. The smallest absolute Gasteiger partial charge is 0.279 e. The topological polar surface area (TPSA) is 85.0 Å². The predicted molar refractivity (Wildman–Crippen MR) is 139 cm³/mol. The van der Waals surface area contributed by atoms with E-state index in [2.05, 4.69) is 15.0 Å². The number of carbonyl (C=O) groups is 1. The lowest BCUT2D eigenvalue weighted by atomic mass is 10.1. The SMILES string of the molecule is COc1ccccc1N1CCN(C(=O)CCc2c(C)n(C)c3nc(-c4ccccc4)nn3c2=O)CC1. The Morgan fingerprint density at radius 1 is 1.00 bits per heavy atom. The van der Waals surface area contributed by atoms with E-state index in [-0.39, 0.29) is 17.9 Å². The van der Waals surface area contributed by atoms with Crippen LogP contribution in [0.2, 0.25) is 0 Å². The molecule has 1 aliphatic rings. The van der Waals surface area contributed by atoms with Crippen molar-refractivity contribution in [2.75, 3.05) is 38.2 Å². The zero-order valence-corrected chi connectivity index (χ0v) is 20.8. The molecule has 0 spiro atoms. The molecule has 4 aromatic rings. The lowest BCUT2D eigenvalue weighted by Gasteiger charge is -2.36. The van der Waals surface area contributed by atoms with Crippen molar-refractivity contribution in [1.29, 1.82) is 0 Å². The molecule has 0 unspecified atom stereocenters. The zero-order chi connectivity index (χ0) is 25.2. The van der Waals surface area contributed by atoms with Gasteiger partial charge in [-0.1, -0.05) is 42.5 Å². The third kappa shape index (κ3) is 4.32. The van der Waals surface area contributed by atoms with Gasteiger partial charge in [-0.25, -0.2) is 0 Å². The Bertz CT molecular complexity index is 1450. The number of rotatable bonds is 6. The highest BCUT2D eigenvalue weighted by Crippen LogP contribution is 2.28. The van der Waals surface area contributed by atoms with Gasteiger partial charge in [0.1, 0.15) is 5.75 Å². The van der Waals surface area contributed by atoms with Gasteiger partial charge in [-0.05, 0) is 25.5 Å². The lowest BCUT2D eigenvalue weighted by Crippen LogP contribution is -2.49. The van der Waals surface area contributed by atoms with Crippen LogP contribution in [0.4, 0.5) is 5.69 Å². The van der Waals surface area contributed by atoms with Gasteiger partial charge in [-0.15, -0.1) is 5.10 Å². The first-order valence-corrected chi connectivity index (χ1v) is 12.1. The van der Waals surface area contributed by atoms with Gasteiger partial charge in [0.05, 0.1) is 12.8 Å². The third-order valence-corrected chi connectivity index (χ3v) is 6.96. The fourth-order valence-electron chi connectivity index (χ4n) is 4.77. The number of anilines is 1. The van der Waals surface area contributed by atoms with E-state index in [1.165, 1.54) is 4.52 Å². The van der Waals surface area contributed by atoms with Crippen LogP contribution in [-0.4, -0.2) is 63.3 Å². The summed E-state index contributed by atoms with van der Waals surface area (Å²) < 4.78 is 8.70. The number of para-hydroxylation sites is 2. The number of amides is 1. The molecule has 9 nitrogen and oxygen atoms in total. The minimum Gasteiger partial charge on any atom is -0.495 e. The van der Waals surface area contributed by atoms with Crippen LogP contribution >= 0.6 is 0 Å². The van der Waals surface area contributed by atoms with Crippen LogP contribution in [0.1, 0.15) is 17.7 Å². The zero-order valence-electron chi connectivity index (χ0n) is 20.8. The maximum atomic E-state index is 13.3. The van der Waals surface area contributed by atoms with Gasteiger partial charge in [0.15, 0.2) is 5.82 Å². The van der Waals surface area contributed by atoms with Gasteiger partial charge in [0.25, 0.3) is 5.56 Å². The average Bonchev–Trinajstić information content (AvgIpc) is 3.38. The molecule has 1 fully saturated rings. The van der Waals surface area contributed by atoms with Crippen molar-refractivity contribution in [2.24, 2.45) is 7.05 Å². The number of hydrogen-bond donors (Lipinski definition) is 0. The summed E-state index contributed by atoms with van der Waals surface area (Å²) in [7, 11) is 3.54. The van der Waals surface area contributed by atoms with Gasteiger partial charge in [-0.2, -0.15) is 9.50 Å². The first-order valence-electron chi connectivity index (χ1n) is 12.1. The fourth-order valence-corrected chi connectivity index (χ4v) is 4.77. The molecule has 186 valence electrons. The highest BCUT2D eigenvalue weighted by atomic mass is 16.5. The maximum absolute atomic E-state index is 13.3. The van der Waals surface area contributed by atoms with E-state index in [1.807, 2.05) is 78.0 Å². The normalized spacial score (nSPS) is 13.9. The Morgan fingerprint density at radius 2 is 1.69 bits per heavy atom. The second kappa shape index (κ2) is 9.85. The monoisotopic (exact) mass is 486 g/mol. The van der Waals surface area contributed by atoms with E-state index < -0.39 is 0 Å². The Hall–Kier alpha value is -4.14. The summed E-state index contributed by atoms with van der Waals surface area (Å²) in [6, 6.07) is 17.5. The molecule has 36 heavy (non-hydrogen) atoms. The van der Waals surface area contributed by atoms with Crippen molar-refractivity contribution in [2.45, 2.75) is 19.8 Å². The molecule has 1 amide bonds. The van der Waals surface area contributed by atoms with Crippen LogP contribution in [0.25, 0.3) is 17.2 Å². The van der Waals surface area contributed by atoms with Gasteiger partial charge >= 0.3 is 0 Å². The van der Waals surface area contributed by atoms with Crippen LogP contribution in [0.5, 0.6) is 5.75 Å². The minimum absolute atomic E-state index is 0.0554. The van der Waals surface area contributed by atoms with E-state index in [9.17, 15) is 9.59 Å². The number of piperazine rings is 1. The quantitative estimate of drug-likeness (QED) is 0.417. The molecule has 0 atom stereocenters. The number of benzene rings is 2. The maximum Gasteiger partial charge on any atom is 0.279 e. The fraction of sp³-hybridized carbons (Fsp3) is 0.333. The molecular weight excluding hydrogens is 456 g/mol. The summed E-state index contributed by atoms with van der Waals surface area (Å²) in [5.41, 5.74) is 3.07. The van der Waals surface area contributed by atoms with Gasteiger partial charge in [0.2, 0.25) is 11.7 Å². The van der Waals surface area contributed by atoms with E-state index in [4.69, 9.17) is 4.74 Å². The number of carbonyl (C=O) groups excluding carboxylic acids is 1. The van der Waals surface area contributed by atoms with Crippen LogP contribution in [-0.2, 0) is 18.3 Å². The first-order chi connectivity index (χ1) is 17.5. The van der Waals surface area contributed by atoms with Crippen molar-refractivity contribution in [3.63, 3.8) is 0 Å². The number of fused-ring (bicyclic) bond motifs is 1. The number of ether oxygens (including phenoxy) is 1. The van der Waals surface area contributed by atoms with E-state index in [0.29, 0.717) is 36.7 Å². The molecule has 0 radical (unpaired) electrons. The molecule has 9 heteroatoms. The van der Waals surface area contributed by atoms with E-state index >= 15 is 0 Å². The second-order valence-corrected chi connectivity index (χ2v) is 8.98. The van der Waals surface area contributed by atoms with E-state index in [1.54, 1.807) is 7.11 Å². The Kier molecular flexibility index (Phi) is 6.45. The lowest BCUT2D eigenvalue weighted by molar-refractivity contribution is -0.131. The highest BCUT2D eigenvalue weighted by molar-refractivity contribution is 5.77.